The van der Waals surface area contributed by atoms with Crippen LogP contribution in [-0.4, -0.2) is 30.3 Å². The molecule has 176 valence electrons. The van der Waals surface area contributed by atoms with E-state index >= 15 is 0 Å². The van der Waals surface area contributed by atoms with Crippen molar-refractivity contribution < 1.29 is 18.7 Å². The summed E-state index contributed by atoms with van der Waals surface area (Å²) >= 11 is 5.76. The number of thiocarbonyl (C=S) groups is 1. The topological polar surface area (TPSA) is 76.8 Å². The van der Waals surface area contributed by atoms with Crippen molar-refractivity contribution in [3.05, 3.63) is 102 Å². The molecule has 0 amide bonds. The third-order valence-electron chi connectivity index (χ3n) is 5.96. The number of hydrogen-bond donors (Lipinski definition) is 1. The zero-order valence-corrected chi connectivity index (χ0v) is 20.0. The van der Waals surface area contributed by atoms with Gasteiger partial charge in [-0.25, -0.2) is 4.79 Å². The van der Waals surface area contributed by atoms with Gasteiger partial charge in [-0.1, -0.05) is 18.2 Å². The largest absolute Gasteiger partial charge is 0.497 e. The molecule has 0 radical (unpaired) electrons. The van der Waals surface area contributed by atoms with E-state index in [1.165, 1.54) is 7.11 Å². The number of ether oxygens (including phenoxy) is 2. The van der Waals surface area contributed by atoms with Crippen LogP contribution in [0, 0.1) is 0 Å². The first-order valence-electron chi connectivity index (χ1n) is 11.0. The van der Waals surface area contributed by atoms with Crippen LogP contribution in [0.5, 0.6) is 5.75 Å². The molecule has 0 aliphatic carbocycles. The molecule has 1 fully saturated rings. The fraction of sp³-hybridized carbons (Fsp3) is 0.148. The molecule has 0 unspecified atom stereocenters. The summed E-state index contributed by atoms with van der Waals surface area (Å²) in [6.07, 6.45) is 1.77. The van der Waals surface area contributed by atoms with Crippen LogP contribution in [-0.2, 0) is 4.74 Å². The Morgan fingerprint density at radius 1 is 1.00 bits per heavy atom. The van der Waals surface area contributed by atoms with Crippen LogP contribution in [0.4, 0.5) is 5.69 Å². The number of methoxy groups -OCH3 is 2. The summed E-state index contributed by atoms with van der Waals surface area (Å²) < 4.78 is 16.5. The molecule has 0 spiro atoms. The Labute approximate surface area is 208 Å². The highest BCUT2D eigenvalue weighted by molar-refractivity contribution is 7.80. The minimum Gasteiger partial charge on any atom is -0.497 e. The third kappa shape index (κ3) is 4.36. The van der Waals surface area contributed by atoms with E-state index in [1.54, 1.807) is 25.4 Å². The third-order valence-corrected chi connectivity index (χ3v) is 6.27. The maximum Gasteiger partial charge on any atom is 0.337 e. The van der Waals surface area contributed by atoms with Gasteiger partial charge in [-0.05, 0) is 72.9 Å². The molecule has 1 aliphatic rings. The molecule has 2 atom stereocenters. The fourth-order valence-corrected chi connectivity index (χ4v) is 4.57. The molecule has 1 saturated heterocycles. The van der Waals surface area contributed by atoms with Crippen LogP contribution in [0.15, 0.2) is 89.5 Å². The molecule has 2 aromatic heterocycles. The van der Waals surface area contributed by atoms with Crippen LogP contribution >= 0.6 is 12.2 Å². The van der Waals surface area contributed by atoms with Crippen molar-refractivity contribution in [1.29, 1.82) is 0 Å². The number of benzene rings is 2. The van der Waals surface area contributed by atoms with E-state index in [-0.39, 0.29) is 18.1 Å². The van der Waals surface area contributed by atoms with Gasteiger partial charge < -0.3 is 24.1 Å². The maximum absolute atomic E-state index is 11.8. The highest BCUT2D eigenvalue weighted by Gasteiger charge is 2.42. The van der Waals surface area contributed by atoms with E-state index < -0.39 is 0 Å². The molecule has 5 rings (SSSR count). The number of esters is 1. The highest BCUT2D eigenvalue weighted by Crippen LogP contribution is 2.43. The molecule has 4 aromatic rings. The van der Waals surface area contributed by atoms with Gasteiger partial charge in [0.2, 0.25) is 0 Å². The number of hydrogen-bond acceptors (Lipinski definition) is 6. The van der Waals surface area contributed by atoms with Crippen LogP contribution in [0.3, 0.4) is 0 Å². The maximum atomic E-state index is 11.8. The number of rotatable bonds is 6. The molecule has 1 aliphatic heterocycles. The first-order valence-corrected chi connectivity index (χ1v) is 11.4. The number of carbonyl (C=O) groups is 1. The van der Waals surface area contributed by atoms with Gasteiger partial charge in [0.1, 0.15) is 23.3 Å². The second kappa shape index (κ2) is 9.60. The van der Waals surface area contributed by atoms with E-state index in [2.05, 4.69) is 10.3 Å². The van der Waals surface area contributed by atoms with Crippen molar-refractivity contribution >= 4 is 29.0 Å². The Hall–Kier alpha value is -4.17. The van der Waals surface area contributed by atoms with Gasteiger partial charge in [0.05, 0.1) is 31.5 Å². The van der Waals surface area contributed by atoms with E-state index in [0.717, 1.165) is 28.5 Å². The van der Waals surface area contributed by atoms with E-state index in [4.69, 9.17) is 26.1 Å². The summed E-state index contributed by atoms with van der Waals surface area (Å²) in [4.78, 5) is 18.4. The van der Waals surface area contributed by atoms with Crippen molar-refractivity contribution in [2.24, 2.45) is 0 Å². The van der Waals surface area contributed by atoms with E-state index in [9.17, 15) is 4.79 Å². The van der Waals surface area contributed by atoms with Crippen molar-refractivity contribution in [2.45, 2.75) is 12.1 Å². The molecular weight excluding hydrogens is 462 g/mol. The number of aromatic nitrogens is 1. The number of nitrogens with one attached hydrogen (secondary N) is 1. The lowest BCUT2D eigenvalue weighted by Crippen LogP contribution is -2.29. The monoisotopic (exact) mass is 485 g/mol. The highest BCUT2D eigenvalue weighted by atomic mass is 32.1. The molecule has 0 saturated carbocycles. The molecule has 3 heterocycles. The molecule has 7 nitrogen and oxygen atoms in total. The fourth-order valence-electron chi connectivity index (χ4n) is 4.22. The second-order valence-electron chi connectivity index (χ2n) is 7.97. The number of furan rings is 1. The zero-order valence-electron chi connectivity index (χ0n) is 19.2. The number of nitrogens with zero attached hydrogens (tertiary/aromatic N) is 2. The number of pyridine rings is 1. The van der Waals surface area contributed by atoms with Crippen LogP contribution in [0.25, 0.3) is 11.3 Å². The van der Waals surface area contributed by atoms with E-state index in [0.29, 0.717) is 16.4 Å². The normalized spacial score (nSPS) is 17.2. The first kappa shape index (κ1) is 22.6. The summed E-state index contributed by atoms with van der Waals surface area (Å²) in [7, 11) is 3.00. The predicted molar refractivity (Wildman–Crippen MR) is 136 cm³/mol. The van der Waals surface area contributed by atoms with Crippen LogP contribution in [0.2, 0.25) is 0 Å². The summed E-state index contributed by atoms with van der Waals surface area (Å²) in [6.45, 7) is 0. The Morgan fingerprint density at radius 3 is 2.43 bits per heavy atom. The average molecular weight is 486 g/mol. The second-order valence-corrected chi connectivity index (χ2v) is 8.35. The van der Waals surface area contributed by atoms with Crippen LogP contribution < -0.4 is 15.0 Å². The molecule has 2 aromatic carbocycles. The van der Waals surface area contributed by atoms with Gasteiger partial charge in [-0.15, -0.1) is 0 Å². The van der Waals surface area contributed by atoms with E-state index in [1.807, 2.05) is 71.6 Å². The molecule has 0 bridgehead atoms. The van der Waals surface area contributed by atoms with Crippen LogP contribution in [0.1, 0.15) is 33.9 Å². The lowest BCUT2D eigenvalue weighted by atomic mass is 10.0. The minimum atomic E-state index is -0.379. The lowest BCUT2D eigenvalue weighted by Gasteiger charge is -2.26. The molecular formula is C27H23N3O4S. The van der Waals surface area contributed by atoms with Crippen molar-refractivity contribution in [3.8, 4) is 17.1 Å². The number of carbonyl (C=O) groups excluding carboxylic acids is 1. The summed E-state index contributed by atoms with van der Waals surface area (Å²) in [5, 5.41) is 4.00. The van der Waals surface area contributed by atoms with Gasteiger partial charge in [0.25, 0.3) is 0 Å². The average Bonchev–Trinajstić information content (AvgIpc) is 3.53. The quantitative estimate of drug-likeness (QED) is 0.291. The predicted octanol–water partition coefficient (Wildman–Crippen LogP) is 5.31. The summed E-state index contributed by atoms with van der Waals surface area (Å²) in [6, 6.07) is 24.1. The van der Waals surface area contributed by atoms with Gasteiger partial charge in [0, 0.05) is 17.4 Å². The Bertz CT molecular complexity index is 1340. The Morgan fingerprint density at radius 2 is 1.77 bits per heavy atom. The Kier molecular flexibility index (Phi) is 6.20. The zero-order chi connectivity index (χ0) is 24.4. The standard InChI is InChI=1S/C27H23N3O4S/c1-32-20-12-10-19(11-13-20)30-25(24(29-27(30)35)21-5-3-4-16-28-21)23-15-14-22(34-23)17-6-8-18(9-7-17)26(31)33-2/h3-16,24-25H,1-2H3,(H,29,35)/t24-,25-/m1/s1. The number of anilines is 1. The van der Waals surface area contributed by atoms with Gasteiger partial charge in [-0.3, -0.25) is 4.98 Å². The van der Waals surface area contributed by atoms with Crippen molar-refractivity contribution in [2.75, 3.05) is 19.1 Å². The molecule has 8 heteroatoms. The minimum absolute atomic E-state index is 0.216. The molecule has 35 heavy (non-hydrogen) atoms. The SMILES string of the molecule is COC(=O)c1ccc(-c2ccc([C@@H]3[C@@H](c4ccccn4)NC(=S)N3c3ccc(OC)cc3)o2)cc1. The Balaban J connectivity index is 1.53. The van der Waals surface area contributed by atoms with Gasteiger partial charge >= 0.3 is 5.97 Å². The van der Waals surface area contributed by atoms with Gasteiger partial charge in [0.15, 0.2) is 5.11 Å². The molecule has 1 N–H and O–H groups in total. The summed E-state index contributed by atoms with van der Waals surface area (Å²) in [5.74, 6) is 1.80. The summed E-state index contributed by atoms with van der Waals surface area (Å²) in [5.41, 5.74) is 3.10. The van der Waals surface area contributed by atoms with Crippen molar-refractivity contribution in [3.63, 3.8) is 0 Å². The lowest BCUT2D eigenvalue weighted by molar-refractivity contribution is 0.0600. The van der Waals surface area contributed by atoms with Gasteiger partial charge in [-0.2, -0.15) is 0 Å². The smallest absolute Gasteiger partial charge is 0.337 e. The first-order chi connectivity index (χ1) is 17.1. The van der Waals surface area contributed by atoms with Crippen molar-refractivity contribution in [1.82, 2.24) is 10.3 Å².